The molecular weight excluding hydrogens is 646 g/mol. The van der Waals surface area contributed by atoms with E-state index in [-0.39, 0.29) is 20.4 Å². The maximum Gasteiger partial charge on any atom is 0.673 e. The zero-order valence-corrected chi connectivity index (χ0v) is 22.3. The number of benzene rings is 3. The Morgan fingerprint density at radius 2 is 0.743 bits per heavy atom. The van der Waals surface area contributed by atoms with Gasteiger partial charge in [-0.05, 0) is 55.9 Å². The third kappa shape index (κ3) is 18.6. The van der Waals surface area contributed by atoms with E-state index < -0.39 is 15.2 Å². The first-order chi connectivity index (χ1) is 16.4. The molecule has 184 valence electrons. The Morgan fingerprint density at radius 1 is 0.571 bits per heavy atom. The molecule has 0 atom stereocenters. The Bertz CT molecular complexity index is 801. The van der Waals surface area contributed by atoms with E-state index in [2.05, 4.69) is 110 Å². The fourth-order valence-electron chi connectivity index (χ4n) is 2.50. The smallest absolute Gasteiger partial charge is 0.577 e. The monoisotopic (exact) mass is 671 g/mol. The van der Waals surface area contributed by atoms with Crippen LogP contribution in [0.25, 0.3) is 5.59 Å². The summed E-state index contributed by atoms with van der Waals surface area (Å²) in [5.74, 6) is 0. The van der Waals surface area contributed by atoms with Crippen LogP contribution in [0.3, 0.4) is 0 Å². The number of rotatable bonds is 3. The molecule has 1 saturated carbocycles. The van der Waals surface area contributed by atoms with E-state index in [0.717, 1.165) is 0 Å². The van der Waals surface area contributed by atoms with Gasteiger partial charge in [-0.3, -0.25) is 0 Å². The van der Waals surface area contributed by atoms with E-state index in [0.29, 0.717) is 0 Å². The summed E-state index contributed by atoms with van der Waals surface area (Å²) >= 11 is 0. The molecule has 4 rings (SSSR count). The second kappa shape index (κ2) is 22.1. The van der Waals surface area contributed by atoms with Crippen LogP contribution >= 0.6 is 7.92 Å². The van der Waals surface area contributed by atoms with Crippen LogP contribution in [0, 0.1) is 37.0 Å². The maximum atomic E-state index is 9.75. The number of hydrogen-bond acceptors (Lipinski definition) is 1. The Hall–Kier alpha value is -2.34. The van der Waals surface area contributed by atoms with Crippen LogP contribution in [0.1, 0.15) is 0 Å². The molecule has 0 N–H and O–H groups in total. The molecule has 3 aromatic carbocycles. The molecule has 9 heteroatoms. The molecule has 0 unspecified atom stereocenters. The van der Waals surface area contributed by atoms with Gasteiger partial charge in [0, 0.05) is 20.4 Å². The molecule has 1 fully saturated rings. The maximum absolute atomic E-state index is 9.75. The van der Waals surface area contributed by atoms with Crippen molar-refractivity contribution in [2.24, 2.45) is 0 Å². The van der Waals surface area contributed by atoms with Crippen molar-refractivity contribution in [1.29, 1.82) is 0 Å². The van der Waals surface area contributed by atoms with Crippen molar-refractivity contribution in [3.05, 3.63) is 152 Å². The minimum absolute atomic E-state index is 0. The van der Waals surface area contributed by atoms with E-state index in [9.17, 15) is 17.3 Å². The summed E-state index contributed by atoms with van der Waals surface area (Å²) < 4.78 is 39.0. The summed E-state index contributed by atoms with van der Waals surface area (Å²) in [7, 11) is -6.45. The molecule has 6 radical (unpaired) electrons. The molecule has 0 aromatic heterocycles. The Balaban J connectivity index is 0. The third-order valence-electron chi connectivity index (χ3n) is 3.60. The van der Waals surface area contributed by atoms with Gasteiger partial charge in [0.25, 0.3) is 0 Å². The van der Waals surface area contributed by atoms with E-state index in [1.165, 1.54) is 15.9 Å². The van der Waals surface area contributed by atoms with Crippen molar-refractivity contribution >= 4 is 31.1 Å². The van der Waals surface area contributed by atoms with Gasteiger partial charge < -0.3 is 27.8 Å². The van der Waals surface area contributed by atoms with E-state index in [1.807, 2.05) is 32.1 Å². The minimum atomic E-state index is -6.00. The standard InChI is InChI=1S/C18H15P.C5H5.C3H4.BF4.NO.Re/c1-4-10-16(11-5-1)19(17-12-6-2-7-13-17)18-14-8-3-9-15-18;1-2-4-5-3-1;1-3-2;2-1(3,4)5;1-2;/h1-15H;1-5H;1-2H2;;;/q;;;2*-1;. The van der Waals surface area contributed by atoms with Gasteiger partial charge in [-0.15, -0.1) is 5.73 Å². The van der Waals surface area contributed by atoms with Gasteiger partial charge in [-0.2, -0.15) is 0 Å². The predicted molar refractivity (Wildman–Crippen MR) is 138 cm³/mol. The van der Waals surface area contributed by atoms with Crippen LogP contribution in [-0.2, 0) is 20.4 Å². The third-order valence-corrected chi connectivity index (χ3v) is 6.04. The van der Waals surface area contributed by atoms with Gasteiger partial charge in [0.15, 0.2) is 0 Å². The number of nitrogens with zero attached hydrogens (tertiary/aromatic N) is 1. The molecule has 35 heavy (non-hydrogen) atoms. The van der Waals surface area contributed by atoms with Crippen LogP contribution in [0.15, 0.2) is 110 Å². The fourth-order valence-corrected chi connectivity index (χ4v) is 4.80. The van der Waals surface area contributed by atoms with Crippen molar-refractivity contribution in [2.75, 3.05) is 0 Å². The molecule has 3 aromatic rings. The summed E-state index contributed by atoms with van der Waals surface area (Å²) in [6, 6.07) is 32.3. The molecule has 0 bridgehead atoms. The summed E-state index contributed by atoms with van der Waals surface area (Å²) in [5.41, 5.74) is 8.00. The van der Waals surface area contributed by atoms with Crippen LogP contribution in [-0.4, -0.2) is 7.25 Å². The van der Waals surface area contributed by atoms with Gasteiger partial charge in [-0.25, -0.2) is 0 Å². The molecule has 1 aliphatic rings. The van der Waals surface area contributed by atoms with Crippen molar-refractivity contribution in [3.8, 4) is 0 Å². The van der Waals surface area contributed by atoms with Crippen LogP contribution in [0.2, 0.25) is 0 Å². The average molecular weight is 670 g/mol. The quantitative estimate of drug-likeness (QED) is 0.128. The fraction of sp³-hybridized carbons (Fsp3) is 0. The average Bonchev–Trinajstić information content (AvgIpc) is 3.43. The number of halogens is 4. The van der Waals surface area contributed by atoms with Gasteiger partial charge >= 0.3 is 7.25 Å². The molecule has 1 aliphatic carbocycles. The van der Waals surface area contributed by atoms with Gasteiger partial charge in [0.2, 0.25) is 0 Å². The minimum Gasteiger partial charge on any atom is -0.577 e. The van der Waals surface area contributed by atoms with Crippen molar-refractivity contribution < 1.29 is 37.7 Å². The predicted octanol–water partition coefficient (Wildman–Crippen LogP) is 7.04. The number of hydrogen-bond donors (Lipinski definition) is 0. The summed E-state index contributed by atoms with van der Waals surface area (Å²) in [6.07, 6.45) is 10.0. The molecule has 0 spiro atoms. The summed E-state index contributed by atoms with van der Waals surface area (Å²) in [4.78, 5) is 7.25. The number of nitroso groups, excluding NO2 is 1. The molecule has 0 aliphatic heterocycles. The van der Waals surface area contributed by atoms with Crippen molar-refractivity contribution in [3.63, 3.8) is 0 Å². The molecule has 0 amide bonds. The molecule has 2 nitrogen and oxygen atoms in total. The molecule has 0 heterocycles. The van der Waals surface area contributed by atoms with Gasteiger partial charge in [0.05, 0.1) is 0 Å². The Morgan fingerprint density at radius 3 is 0.914 bits per heavy atom. The van der Waals surface area contributed by atoms with E-state index in [1.54, 1.807) is 0 Å². The summed E-state index contributed by atoms with van der Waals surface area (Å²) in [5, 5.41) is 4.19. The Kier molecular flexibility index (Phi) is 22.0. The van der Waals surface area contributed by atoms with Gasteiger partial charge in [-0.1, -0.05) is 104 Å². The van der Waals surface area contributed by atoms with Crippen LogP contribution < -0.4 is 15.9 Å². The van der Waals surface area contributed by atoms with Gasteiger partial charge in [0.1, 0.15) is 0 Å². The molecular formula is C26H24BF4NOPRe-2. The molecule has 0 saturated heterocycles. The normalized spacial score (nSPS) is 11.2. The van der Waals surface area contributed by atoms with Crippen LogP contribution in [0.5, 0.6) is 0 Å². The van der Waals surface area contributed by atoms with E-state index >= 15 is 0 Å². The summed E-state index contributed by atoms with van der Waals surface area (Å²) in [6.45, 7) is 6.25. The zero-order valence-electron chi connectivity index (χ0n) is 18.7. The Labute approximate surface area is 220 Å². The first-order valence-corrected chi connectivity index (χ1v) is 11.2. The van der Waals surface area contributed by atoms with Crippen molar-refractivity contribution in [1.82, 2.24) is 0 Å². The zero-order chi connectivity index (χ0) is 25.7. The second-order valence-electron chi connectivity index (χ2n) is 6.05. The first-order valence-electron chi connectivity index (χ1n) is 9.83. The SMILES string of the molecule is C=C=C.F[B-](F)(F)F.[CH]1[CH][CH][CH][CH]1.[N-]=O.[Re].c1ccc(P(c2ccccc2)c2ccccc2)cc1. The largest absolute Gasteiger partial charge is 0.673 e. The topological polar surface area (TPSA) is 39.4 Å². The van der Waals surface area contributed by atoms with Crippen LogP contribution in [0.4, 0.5) is 17.3 Å². The second-order valence-corrected chi connectivity index (χ2v) is 8.27. The van der Waals surface area contributed by atoms with Crippen molar-refractivity contribution in [2.45, 2.75) is 0 Å². The van der Waals surface area contributed by atoms with E-state index in [4.69, 9.17) is 10.5 Å². The first kappa shape index (κ1) is 34.8.